The summed E-state index contributed by atoms with van der Waals surface area (Å²) in [4.78, 5) is 0. The number of nitrogen functional groups attached to an aromatic ring is 1. The SMILES string of the molecule is CCOc1ccc(/C=C/c2ccc(N)cc2)cc1. The van der Waals surface area contributed by atoms with Crippen molar-refractivity contribution in [2.24, 2.45) is 0 Å². The lowest BCUT2D eigenvalue weighted by Crippen LogP contribution is -1.90. The Hall–Kier alpha value is -2.22. The van der Waals surface area contributed by atoms with Crippen LogP contribution in [-0.4, -0.2) is 6.61 Å². The van der Waals surface area contributed by atoms with Crippen LogP contribution in [0.3, 0.4) is 0 Å². The molecule has 92 valence electrons. The van der Waals surface area contributed by atoms with E-state index >= 15 is 0 Å². The van der Waals surface area contributed by atoms with E-state index in [-0.39, 0.29) is 0 Å². The third-order valence-corrected chi connectivity index (χ3v) is 2.60. The van der Waals surface area contributed by atoms with E-state index in [4.69, 9.17) is 10.5 Å². The molecule has 2 aromatic rings. The van der Waals surface area contributed by atoms with E-state index in [2.05, 4.69) is 12.2 Å². The van der Waals surface area contributed by atoms with E-state index in [0.717, 1.165) is 22.6 Å². The largest absolute Gasteiger partial charge is 0.494 e. The van der Waals surface area contributed by atoms with Crippen LogP contribution in [-0.2, 0) is 0 Å². The van der Waals surface area contributed by atoms with Crippen LogP contribution in [0.25, 0.3) is 12.2 Å². The minimum atomic E-state index is 0.695. The Kier molecular flexibility index (Phi) is 4.02. The second-order valence-electron chi connectivity index (χ2n) is 4.00. The number of ether oxygens (including phenoxy) is 1. The average molecular weight is 239 g/mol. The number of anilines is 1. The highest BCUT2D eigenvalue weighted by Crippen LogP contribution is 2.15. The summed E-state index contributed by atoms with van der Waals surface area (Å²) in [6.07, 6.45) is 4.14. The van der Waals surface area contributed by atoms with Gasteiger partial charge in [-0.1, -0.05) is 36.4 Å². The van der Waals surface area contributed by atoms with Gasteiger partial charge in [0.05, 0.1) is 6.61 Å². The van der Waals surface area contributed by atoms with E-state index in [1.165, 1.54) is 0 Å². The van der Waals surface area contributed by atoms with Gasteiger partial charge in [0.2, 0.25) is 0 Å². The molecule has 0 aliphatic carbocycles. The number of rotatable bonds is 4. The van der Waals surface area contributed by atoms with Crippen molar-refractivity contribution in [3.8, 4) is 5.75 Å². The van der Waals surface area contributed by atoms with Crippen LogP contribution in [0.2, 0.25) is 0 Å². The zero-order chi connectivity index (χ0) is 12.8. The summed E-state index contributed by atoms with van der Waals surface area (Å²) < 4.78 is 5.40. The smallest absolute Gasteiger partial charge is 0.119 e. The molecular weight excluding hydrogens is 222 g/mol. The molecule has 2 N–H and O–H groups in total. The molecule has 0 spiro atoms. The molecule has 0 amide bonds. The lowest BCUT2D eigenvalue weighted by molar-refractivity contribution is 0.340. The summed E-state index contributed by atoms with van der Waals surface area (Å²) in [6, 6.07) is 15.8. The van der Waals surface area contributed by atoms with Crippen LogP contribution in [0.15, 0.2) is 48.5 Å². The average Bonchev–Trinajstić information content (AvgIpc) is 2.40. The van der Waals surface area contributed by atoms with E-state index in [9.17, 15) is 0 Å². The fourth-order valence-electron chi connectivity index (χ4n) is 1.64. The van der Waals surface area contributed by atoms with Crippen LogP contribution >= 0.6 is 0 Å². The molecule has 0 saturated carbocycles. The van der Waals surface area contributed by atoms with Crippen LogP contribution in [0.4, 0.5) is 5.69 Å². The lowest BCUT2D eigenvalue weighted by Gasteiger charge is -2.02. The Morgan fingerprint density at radius 2 is 1.39 bits per heavy atom. The van der Waals surface area contributed by atoms with Crippen molar-refractivity contribution >= 4 is 17.8 Å². The van der Waals surface area contributed by atoms with Crippen molar-refractivity contribution in [2.45, 2.75) is 6.92 Å². The summed E-state index contributed by atoms with van der Waals surface area (Å²) in [5.41, 5.74) is 8.71. The van der Waals surface area contributed by atoms with Gasteiger partial charge < -0.3 is 10.5 Å². The van der Waals surface area contributed by atoms with Gasteiger partial charge >= 0.3 is 0 Å². The molecule has 0 fully saturated rings. The zero-order valence-electron chi connectivity index (χ0n) is 10.5. The van der Waals surface area contributed by atoms with Crippen molar-refractivity contribution in [2.75, 3.05) is 12.3 Å². The molecule has 2 heteroatoms. The van der Waals surface area contributed by atoms with Gasteiger partial charge in [-0.3, -0.25) is 0 Å². The summed E-state index contributed by atoms with van der Waals surface area (Å²) in [7, 11) is 0. The van der Waals surface area contributed by atoms with E-state index < -0.39 is 0 Å². The summed E-state index contributed by atoms with van der Waals surface area (Å²) in [6.45, 7) is 2.68. The highest BCUT2D eigenvalue weighted by atomic mass is 16.5. The fraction of sp³-hybridized carbons (Fsp3) is 0.125. The van der Waals surface area contributed by atoms with Crippen LogP contribution in [0.5, 0.6) is 5.75 Å². The van der Waals surface area contributed by atoms with Gasteiger partial charge in [-0.25, -0.2) is 0 Å². The Balaban J connectivity index is 2.06. The Morgan fingerprint density at radius 3 is 1.89 bits per heavy atom. The Labute approximate surface area is 108 Å². The van der Waals surface area contributed by atoms with Crippen molar-refractivity contribution in [3.05, 3.63) is 59.7 Å². The molecular formula is C16H17NO. The molecule has 2 aromatic carbocycles. The number of hydrogen-bond donors (Lipinski definition) is 1. The van der Waals surface area contributed by atoms with E-state index in [1.54, 1.807) is 0 Å². The molecule has 0 aromatic heterocycles. The number of hydrogen-bond acceptors (Lipinski definition) is 2. The highest BCUT2D eigenvalue weighted by molar-refractivity contribution is 5.70. The first-order chi connectivity index (χ1) is 8.78. The molecule has 0 heterocycles. The first-order valence-electron chi connectivity index (χ1n) is 6.04. The van der Waals surface area contributed by atoms with Crippen molar-refractivity contribution in [3.63, 3.8) is 0 Å². The maximum absolute atomic E-state index is 5.64. The van der Waals surface area contributed by atoms with Gasteiger partial charge in [-0.15, -0.1) is 0 Å². The van der Waals surface area contributed by atoms with Gasteiger partial charge in [-0.2, -0.15) is 0 Å². The standard InChI is InChI=1S/C16H17NO/c1-2-18-16-11-7-14(8-12-16)4-3-13-5-9-15(17)10-6-13/h3-12H,2,17H2,1H3/b4-3+. The summed E-state index contributed by atoms with van der Waals surface area (Å²) in [5, 5.41) is 0. The van der Waals surface area contributed by atoms with Gasteiger partial charge in [0.1, 0.15) is 5.75 Å². The maximum Gasteiger partial charge on any atom is 0.119 e. The van der Waals surface area contributed by atoms with E-state index in [0.29, 0.717) is 6.61 Å². The van der Waals surface area contributed by atoms with E-state index in [1.807, 2.05) is 55.5 Å². The van der Waals surface area contributed by atoms with Gasteiger partial charge in [0, 0.05) is 5.69 Å². The fourth-order valence-corrected chi connectivity index (χ4v) is 1.64. The summed E-state index contributed by atoms with van der Waals surface area (Å²) in [5.74, 6) is 0.905. The maximum atomic E-state index is 5.64. The minimum absolute atomic E-state index is 0.695. The van der Waals surface area contributed by atoms with Gasteiger partial charge in [0.25, 0.3) is 0 Å². The van der Waals surface area contributed by atoms with Crippen LogP contribution < -0.4 is 10.5 Å². The quantitative estimate of drug-likeness (QED) is 0.650. The monoisotopic (exact) mass is 239 g/mol. The number of nitrogens with two attached hydrogens (primary N) is 1. The zero-order valence-corrected chi connectivity index (χ0v) is 10.5. The molecule has 0 aliphatic heterocycles. The molecule has 0 atom stereocenters. The van der Waals surface area contributed by atoms with Gasteiger partial charge in [0.15, 0.2) is 0 Å². The second kappa shape index (κ2) is 5.92. The minimum Gasteiger partial charge on any atom is -0.494 e. The molecule has 2 nitrogen and oxygen atoms in total. The predicted molar refractivity (Wildman–Crippen MR) is 77.4 cm³/mol. The Bertz CT molecular complexity index is 512. The van der Waals surface area contributed by atoms with Crippen molar-refractivity contribution in [1.82, 2.24) is 0 Å². The lowest BCUT2D eigenvalue weighted by atomic mass is 10.1. The molecule has 18 heavy (non-hydrogen) atoms. The molecule has 0 saturated heterocycles. The predicted octanol–water partition coefficient (Wildman–Crippen LogP) is 3.84. The van der Waals surface area contributed by atoms with Gasteiger partial charge in [-0.05, 0) is 42.3 Å². The topological polar surface area (TPSA) is 35.2 Å². The molecule has 0 bridgehead atoms. The highest BCUT2D eigenvalue weighted by Gasteiger charge is 1.92. The van der Waals surface area contributed by atoms with Crippen molar-refractivity contribution in [1.29, 1.82) is 0 Å². The third kappa shape index (κ3) is 3.39. The molecule has 0 aliphatic rings. The molecule has 0 radical (unpaired) electrons. The third-order valence-electron chi connectivity index (χ3n) is 2.60. The summed E-state index contributed by atoms with van der Waals surface area (Å²) >= 11 is 0. The molecule has 2 rings (SSSR count). The normalized spacial score (nSPS) is 10.7. The van der Waals surface area contributed by atoms with Crippen molar-refractivity contribution < 1.29 is 4.74 Å². The second-order valence-corrected chi connectivity index (χ2v) is 4.00. The number of benzene rings is 2. The van der Waals surface area contributed by atoms with Crippen LogP contribution in [0.1, 0.15) is 18.1 Å². The first-order valence-corrected chi connectivity index (χ1v) is 6.04. The molecule has 0 unspecified atom stereocenters. The Morgan fingerprint density at radius 1 is 0.889 bits per heavy atom. The van der Waals surface area contributed by atoms with Crippen LogP contribution in [0, 0.1) is 0 Å². The first kappa shape index (κ1) is 12.2.